The zero-order valence-corrected chi connectivity index (χ0v) is 14.9. The molecule has 1 aromatic carbocycles. The maximum absolute atomic E-state index is 13.3. The number of carbonyl (C=O) groups is 1. The first kappa shape index (κ1) is 16.8. The Bertz CT molecular complexity index is 842. The number of aryl methyl sites for hydroxylation is 1. The monoisotopic (exact) mass is 345 g/mol. The Kier molecular flexibility index (Phi) is 4.46. The summed E-state index contributed by atoms with van der Waals surface area (Å²) < 4.78 is 0. The lowest BCUT2D eigenvalue weighted by Gasteiger charge is -2.28. The first-order valence-corrected chi connectivity index (χ1v) is 9.38. The van der Waals surface area contributed by atoms with Crippen LogP contribution in [0, 0.1) is 17.2 Å². The number of hydrogen-bond acceptors (Lipinski definition) is 3. The Morgan fingerprint density at radius 3 is 2.92 bits per heavy atom. The SMILES string of the molecule is N#CCCN(Cc1ccccn1)C(=O)[C@H]1C[C@@]12CCCc1ccccc12. The third-order valence-electron chi connectivity index (χ3n) is 5.88. The molecule has 1 fully saturated rings. The van der Waals surface area contributed by atoms with Crippen LogP contribution in [0.1, 0.15) is 42.5 Å². The molecule has 2 atom stereocenters. The van der Waals surface area contributed by atoms with Crippen molar-refractivity contribution in [1.82, 2.24) is 9.88 Å². The van der Waals surface area contributed by atoms with E-state index in [0.29, 0.717) is 19.5 Å². The van der Waals surface area contributed by atoms with E-state index in [4.69, 9.17) is 5.26 Å². The number of amides is 1. The van der Waals surface area contributed by atoms with E-state index in [1.165, 1.54) is 11.1 Å². The van der Waals surface area contributed by atoms with E-state index < -0.39 is 0 Å². The molecule has 2 aliphatic rings. The minimum Gasteiger partial charge on any atom is -0.335 e. The number of hydrogen-bond donors (Lipinski definition) is 0. The second-order valence-corrected chi connectivity index (χ2v) is 7.41. The highest BCUT2D eigenvalue weighted by atomic mass is 16.2. The summed E-state index contributed by atoms with van der Waals surface area (Å²) in [6.45, 7) is 0.954. The zero-order valence-electron chi connectivity index (χ0n) is 14.9. The minimum atomic E-state index is 0.0287. The van der Waals surface area contributed by atoms with Crippen molar-refractivity contribution in [2.24, 2.45) is 5.92 Å². The lowest BCUT2D eigenvalue weighted by atomic mass is 9.78. The molecule has 4 heteroatoms. The summed E-state index contributed by atoms with van der Waals surface area (Å²) in [7, 11) is 0. The van der Waals surface area contributed by atoms with Crippen LogP contribution < -0.4 is 0 Å². The summed E-state index contributed by atoms with van der Waals surface area (Å²) in [5.41, 5.74) is 3.68. The fourth-order valence-electron chi connectivity index (χ4n) is 4.52. The number of rotatable bonds is 5. The van der Waals surface area contributed by atoms with Crippen LogP contribution >= 0.6 is 0 Å². The molecule has 1 heterocycles. The second kappa shape index (κ2) is 6.92. The van der Waals surface area contributed by atoms with Crippen LogP contribution in [0.15, 0.2) is 48.7 Å². The lowest BCUT2D eigenvalue weighted by Crippen LogP contribution is -2.35. The first-order chi connectivity index (χ1) is 12.7. The molecule has 0 aliphatic heterocycles. The van der Waals surface area contributed by atoms with Crippen molar-refractivity contribution in [1.29, 1.82) is 5.26 Å². The molecule has 0 unspecified atom stereocenters. The molecule has 2 aromatic rings. The van der Waals surface area contributed by atoms with Gasteiger partial charge in [-0.25, -0.2) is 0 Å². The highest BCUT2D eigenvalue weighted by Crippen LogP contribution is 2.60. The Hall–Kier alpha value is -2.67. The summed E-state index contributed by atoms with van der Waals surface area (Å²) >= 11 is 0. The Morgan fingerprint density at radius 2 is 2.12 bits per heavy atom. The van der Waals surface area contributed by atoms with Crippen LogP contribution in [0.4, 0.5) is 0 Å². The normalized spacial score (nSPS) is 23.1. The molecule has 0 saturated heterocycles. The smallest absolute Gasteiger partial charge is 0.227 e. The molecular formula is C22H23N3O. The van der Waals surface area contributed by atoms with Gasteiger partial charge in [-0.1, -0.05) is 30.3 Å². The van der Waals surface area contributed by atoms with Crippen LogP contribution in [0.2, 0.25) is 0 Å². The van der Waals surface area contributed by atoms with E-state index >= 15 is 0 Å². The Balaban J connectivity index is 1.55. The van der Waals surface area contributed by atoms with Crippen LogP contribution in [0.5, 0.6) is 0 Å². The fraction of sp³-hybridized carbons (Fsp3) is 0.409. The number of carbonyl (C=O) groups excluding carboxylic acids is 1. The van der Waals surface area contributed by atoms with Crippen molar-refractivity contribution in [2.75, 3.05) is 6.54 Å². The number of fused-ring (bicyclic) bond motifs is 2. The van der Waals surface area contributed by atoms with Crippen molar-refractivity contribution < 1.29 is 4.79 Å². The average molecular weight is 345 g/mol. The molecule has 0 bridgehead atoms. The van der Waals surface area contributed by atoms with Gasteiger partial charge in [0.1, 0.15) is 0 Å². The van der Waals surface area contributed by atoms with Gasteiger partial charge in [0.25, 0.3) is 0 Å². The number of nitriles is 1. The van der Waals surface area contributed by atoms with Crippen molar-refractivity contribution in [3.63, 3.8) is 0 Å². The van der Waals surface area contributed by atoms with Crippen molar-refractivity contribution in [3.05, 3.63) is 65.5 Å². The summed E-state index contributed by atoms with van der Waals surface area (Å²) in [5, 5.41) is 8.99. The summed E-state index contributed by atoms with van der Waals surface area (Å²) in [6.07, 6.45) is 6.40. The third-order valence-corrected chi connectivity index (χ3v) is 5.88. The van der Waals surface area contributed by atoms with Gasteiger partial charge in [-0.05, 0) is 48.9 Å². The molecule has 1 amide bonds. The van der Waals surface area contributed by atoms with Gasteiger partial charge in [0.05, 0.1) is 24.7 Å². The number of nitrogens with zero attached hydrogens (tertiary/aromatic N) is 3. The molecule has 4 rings (SSSR count). The lowest BCUT2D eigenvalue weighted by molar-refractivity contribution is -0.133. The molecule has 1 saturated carbocycles. The van der Waals surface area contributed by atoms with E-state index in [2.05, 4.69) is 35.3 Å². The Labute approximate surface area is 154 Å². The zero-order chi connectivity index (χ0) is 18.0. The highest BCUT2D eigenvalue weighted by Gasteiger charge is 2.60. The largest absolute Gasteiger partial charge is 0.335 e. The molecule has 132 valence electrons. The predicted molar refractivity (Wildman–Crippen MR) is 99.0 cm³/mol. The predicted octanol–water partition coefficient (Wildman–Crippen LogP) is 3.62. The number of pyridine rings is 1. The molecule has 2 aliphatic carbocycles. The van der Waals surface area contributed by atoms with Crippen LogP contribution in [0.3, 0.4) is 0 Å². The maximum Gasteiger partial charge on any atom is 0.227 e. The van der Waals surface area contributed by atoms with Gasteiger partial charge in [0, 0.05) is 24.1 Å². The van der Waals surface area contributed by atoms with Gasteiger partial charge in [0.2, 0.25) is 5.91 Å². The molecular weight excluding hydrogens is 322 g/mol. The van der Waals surface area contributed by atoms with E-state index in [1.807, 2.05) is 23.1 Å². The molecule has 1 spiro atoms. The van der Waals surface area contributed by atoms with Gasteiger partial charge in [-0.15, -0.1) is 0 Å². The van der Waals surface area contributed by atoms with Crippen LogP contribution in [0.25, 0.3) is 0 Å². The average Bonchev–Trinajstić information content (AvgIpc) is 3.40. The summed E-state index contributed by atoms with van der Waals surface area (Å²) in [6, 6.07) is 16.5. The Morgan fingerprint density at radius 1 is 1.27 bits per heavy atom. The number of aromatic nitrogens is 1. The van der Waals surface area contributed by atoms with Crippen molar-refractivity contribution >= 4 is 5.91 Å². The minimum absolute atomic E-state index is 0.0287. The van der Waals surface area contributed by atoms with E-state index in [9.17, 15) is 4.79 Å². The highest BCUT2D eigenvalue weighted by molar-refractivity contribution is 5.84. The van der Waals surface area contributed by atoms with Crippen LogP contribution in [-0.4, -0.2) is 22.3 Å². The van der Waals surface area contributed by atoms with Gasteiger partial charge in [-0.2, -0.15) is 5.26 Å². The van der Waals surface area contributed by atoms with Crippen molar-refractivity contribution in [2.45, 2.75) is 44.1 Å². The molecule has 26 heavy (non-hydrogen) atoms. The second-order valence-electron chi connectivity index (χ2n) is 7.41. The molecule has 1 aromatic heterocycles. The fourth-order valence-corrected chi connectivity index (χ4v) is 4.52. The van der Waals surface area contributed by atoms with E-state index in [0.717, 1.165) is 31.4 Å². The van der Waals surface area contributed by atoms with Gasteiger partial charge >= 0.3 is 0 Å². The number of benzene rings is 1. The standard InChI is InChI=1S/C22H23N3O/c23-12-6-14-25(16-18-9-3-4-13-24-18)21(26)20-15-22(20)11-5-8-17-7-1-2-10-19(17)22/h1-4,7,9-10,13,20H,5-6,8,11,14-16H2/t20-,22-/m1/s1. The van der Waals surface area contributed by atoms with E-state index in [1.54, 1.807) is 6.20 Å². The maximum atomic E-state index is 13.3. The van der Waals surface area contributed by atoms with Crippen molar-refractivity contribution in [3.8, 4) is 6.07 Å². The first-order valence-electron chi connectivity index (χ1n) is 9.38. The van der Waals surface area contributed by atoms with Gasteiger partial charge in [0.15, 0.2) is 0 Å². The van der Waals surface area contributed by atoms with E-state index in [-0.39, 0.29) is 17.2 Å². The third kappa shape index (κ3) is 2.99. The van der Waals surface area contributed by atoms with Gasteiger partial charge in [-0.3, -0.25) is 9.78 Å². The molecule has 4 nitrogen and oxygen atoms in total. The van der Waals surface area contributed by atoms with Gasteiger partial charge < -0.3 is 4.90 Å². The summed E-state index contributed by atoms with van der Waals surface area (Å²) in [5.74, 6) is 0.231. The molecule has 0 N–H and O–H groups in total. The van der Waals surface area contributed by atoms with Crippen LogP contribution in [-0.2, 0) is 23.2 Å². The quantitative estimate of drug-likeness (QED) is 0.832. The topological polar surface area (TPSA) is 57.0 Å². The summed E-state index contributed by atoms with van der Waals surface area (Å²) in [4.78, 5) is 19.5. The molecule has 0 radical (unpaired) electrons.